The van der Waals surface area contributed by atoms with Crippen molar-refractivity contribution >= 4 is 0 Å². The monoisotopic (exact) mass is 257 g/mol. The molecule has 2 rings (SSSR count). The molecule has 102 valence electrons. The summed E-state index contributed by atoms with van der Waals surface area (Å²) in [6, 6.07) is 9.05. The van der Waals surface area contributed by atoms with E-state index in [0.29, 0.717) is 6.04 Å². The summed E-state index contributed by atoms with van der Waals surface area (Å²) in [4.78, 5) is 2.57. The molecule has 1 aliphatic rings. The molecular weight excluding hydrogens is 234 g/mol. The van der Waals surface area contributed by atoms with E-state index in [4.69, 9.17) is 5.11 Å². The van der Waals surface area contributed by atoms with Gasteiger partial charge in [0.25, 0.3) is 0 Å². The van der Waals surface area contributed by atoms with Gasteiger partial charge in [0.15, 0.2) is 0 Å². The van der Waals surface area contributed by atoms with E-state index >= 15 is 0 Å². The lowest BCUT2D eigenvalue weighted by Gasteiger charge is -2.36. The molecule has 2 heteroatoms. The topological polar surface area (TPSA) is 23.5 Å². The fourth-order valence-corrected chi connectivity index (χ4v) is 2.67. The molecule has 1 aliphatic heterocycles. The van der Waals surface area contributed by atoms with Crippen molar-refractivity contribution in [1.82, 2.24) is 4.90 Å². The molecule has 1 heterocycles. The summed E-state index contributed by atoms with van der Waals surface area (Å²) in [5.41, 5.74) is 2.31. The second-order valence-corrected chi connectivity index (χ2v) is 5.62. The Hall–Kier alpha value is -1.30. The number of piperidine rings is 1. The molecular formula is C17H23NO. The minimum Gasteiger partial charge on any atom is -0.384 e. The van der Waals surface area contributed by atoms with E-state index in [1.54, 1.807) is 0 Å². The summed E-state index contributed by atoms with van der Waals surface area (Å²) in [5.74, 6) is 6.41. The Morgan fingerprint density at radius 1 is 1.21 bits per heavy atom. The quantitative estimate of drug-likeness (QED) is 0.823. The molecule has 0 bridgehead atoms. The summed E-state index contributed by atoms with van der Waals surface area (Å²) in [7, 11) is 0. The van der Waals surface area contributed by atoms with E-state index < -0.39 is 0 Å². The first kappa shape index (κ1) is 14.1. The van der Waals surface area contributed by atoms with Gasteiger partial charge in [0.2, 0.25) is 0 Å². The number of aliphatic hydroxyl groups excluding tert-OH is 1. The van der Waals surface area contributed by atoms with Crippen LogP contribution in [0.3, 0.4) is 0 Å². The van der Waals surface area contributed by atoms with Gasteiger partial charge in [-0.3, -0.25) is 4.90 Å². The van der Waals surface area contributed by atoms with Crippen molar-refractivity contribution in [3.63, 3.8) is 0 Å². The first-order valence-corrected chi connectivity index (χ1v) is 7.11. The highest BCUT2D eigenvalue weighted by Crippen LogP contribution is 2.23. The number of aliphatic hydroxyl groups is 1. The fourth-order valence-electron chi connectivity index (χ4n) is 2.67. The Morgan fingerprint density at radius 3 is 2.63 bits per heavy atom. The molecule has 1 saturated heterocycles. The van der Waals surface area contributed by atoms with Gasteiger partial charge in [-0.2, -0.15) is 0 Å². The Kier molecular flexibility index (Phi) is 5.01. The van der Waals surface area contributed by atoms with Crippen molar-refractivity contribution in [2.24, 2.45) is 5.92 Å². The van der Waals surface area contributed by atoms with Gasteiger partial charge in [-0.05, 0) is 43.4 Å². The van der Waals surface area contributed by atoms with Crippen LogP contribution in [0, 0.1) is 17.8 Å². The molecule has 0 aliphatic carbocycles. The minimum atomic E-state index is -0.0784. The van der Waals surface area contributed by atoms with Crippen LogP contribution >= 0.6 is 0 Å². The third-order valence-corrected chi connectivity index (χ3v) is 3.90. The first-order valence-electron chi connectivity index (χ1n) is 7.11. The van der Waals surface area contributed by atoms with Crippen LogP contribution in [-0.4, -0.2) is 29.2 Å². The maximum atomic E-state index is 8.67. The van der Waals surface area contributed by atoms with E-state index in [9.17, 15) is 0 Å². The van der Waals surface area contributed by atoms with Crippen LogP contribution in [0.5, 0.6) is 0 Å². The Labute approximate surface area is 116 Å². The van der Waals surface area contributed by atoms with Crippen molar-refractivity contribution in [2.75, 3.05) is 13.2 Å². The van der Waals surface area contributed by atoms with Crippen molar-refractivity contribution in [3.05, 3.63) is 35.4 Å². The molecule has 1 fully saturated rings. The molecule has 1 aromatic carbocycles. The van der Waals surface area contributed by atoms with Gasteiger partial charge in [0, 0.05) is 24.7 Å². The molecule has 0 aromatic heterocycles. The summed E-state index contributed by atoms with van der Waals surface area (Å²) < 4.78 is 0. The predicted molar refractivity (Wildman–Crippen MR) is 78.7 cm³/mol. The molecule has 1 aromatic rings. The summed E-state index contributed by atoms with van der Waals surface area (Å²) in [5, 5.41) is 8.67. The molecule has 0 spiro atoms. The number of hydrogen-bond acceptors (Lipinski definition) is 2. The van der Waals surface area contributed by atoms with E-state index in [-0.39, 0.29) is 6.61 Å². The Morgan fingerprint density at radius 2 is 1.95 bits per heavy atom. The van der Waals surface area contributed by atoms with E-state index in [2.05, 4.69) is 42.7 Å². The van der Waals surface area contributed by atoms with Gasteiger partial charge in [-0.1, -0.05) is 30.9 Å². The van der Waals surface area contributed by atoms with E-state index in [1.165, 1.54) is 24.9 Å². The van der Waals surface area contributed by atoms with Crippen LogP contribution in [0.15, 0.2) is 24.3 Å². The molecule has 0 saturated carbocycles. The highest BCUT2D eigenvalue weighted by molar-refractivity contribution is 5.36. The summed E-state index contributed by atoms with van der Waals surface area (Å²) >= 11 is 0. The van der Waals surface area contributed by atoms with Gasteiger partial charge in [0.1, 0.15) is 6.61 Å². The number of likely N-dealkylation sites (tertiary alicyclic amines) is 1. The van der Waals surface area contributed by atoms with Gasteiger partial charge in [0.05, 0.1) is 0 Å². The second-order valence-electron chi connectivity index (χ2n) is 5.62. The molecule has 0 amide bonds. The zero-order valence-electron chi connectivity index (χ0n) is 11.9. The van der Waals surface area contributed by atoms with Crippen LogP contribution in [0.1, 0.15) is 37.8 Å². The molecule has 0 radical (unpaired) electrons. The van der Waals surface area contributed by atoms with Gasteiger partial charge in [-0.15, -0.1) is 0 Å². The van der Waals surface area contributed by atoms with Gasteiger partial charge < -0.3 is 5.11 Å². The lowest BCUT2D eigenvalue weighted by molar-refractivity contribution is 0.117. The highest BCUT2D eigenvalue weighted by Gasteiger charge is 2.22. The normalized spacial score (nSPS) is 23.7. The van der Waals surface area contributed by atoms with Gasteiger partial charge in [-0.25, -0.2) is 0 Å². The van der Waals surface area contributed by atoms with E-state index in [0.717, 1.165) is 18.0 Å². The molecule has 2 unspecified atom stereocenters. The molecule has 2 nitrogen and oxygen atoms in total. The second kappa shape index (κ2) is 6.75. The average molecular weight is 257 g/mol. The molecule has 2 atom stereocenters. The van der Waals surface area contributed by atoms with Crippen LogP contribution in [0.2, 0.25) is 0 Å². The third-order valence-electron chi connectivity index (χ3n) is 3.90. The average Bonchev–Trinajstić information content (AvgIpc) is 2.42. The standard InChI is InChI=1S/C17H23NO/c1-14-5-6-15(2)18(12-14)13-17-9-7-16(8-10-17)4-3-11-19/h7-10,14-15,19H,5-6,11-13H2,1-2H3. The van der Waals surface area contributed by atoms with Crippen molar-refractivity contribution in [1.29, 1.82) is 0 Å². The smallest absolute Gasteiger partial charge is 0.104 e. The number of benzene rings is 1. The molecule has 19 heavy (non-hydrogen) atoms. The lowest BCUT2D eigenvalue weighted by atomic mass is 9.94. The maximum Gasteiger partial charge on any atom is 0.104 e. The van der Waals surface area contributed by atoms with Crippen LogP contribution < -0.4 is 0 Å². The largest absolute Gasteiger partial charge is 0.384 e. The fraction of sp³-hybridized carbons (Fsp3) is 0.529. The SMILES string of the molecule is CC1CCC(C)N(Cc2ccc(C#CCO)cc2)C1. The van der Waals surface area contributed by atoms with Gasteiger partial charge >= 0.3 is 0 Å². The zero-order valence-corrected chi connectivity index (χ0v) is 11.9. The Balaban J connectivity index is 1.98. The minimum absolute atomic E-state index is 0.0784. The van der Waals surface area contributed by atoms with Crippen molar-refractivity contribution < 1.29 is 5.11 Å². The zero-order chi connectivity index (χ0) is 13.7. The third kappa shape index (κ3) is 4.09. The van der Waals surface area contributed by atoms with Crippen LogP contribution in [0.4, 0.5) is 0 Å². The number of nitrogens with zero attached hydrogens (tertiary/aromatic N) is 1. The van der Waals surface area contributed by atoms with Crippen molar-refractivity contribution in [2.45, 2.75) is 39.3 Å². The predicted octanol–water partition coefficient (Wildman–Crippen LogP) is 2.65. The van der Waals surface area contributed by atoms with Crippen LogP contribution in [0.25, 0.3) is 0 Å². The van der Waals surface area contributed by atoms with Crippen LogP contribution in [-0.2, 0) is 6.54 Å². The summed E-state index contributed by atoms with van der Waals surface area (Å²) in [6.07, 6.45) is 2.66. The highest BCUT2D eigenvalue weighted by atomic mass is 16.2. The lowest BCUT2D eigenvalue weighted by Crippen LogP contribution is -2.40. The number of hydrogen-bond donors (Lipinski definition) is 1. The van der Waals surface area contributed by atoms with E-state index in [1.807, 2.05) is 12.1 Å². The first-order chi connectivity index (χ1) is 9.19. The number of rotatable bonds is 2. The Bertz CT molecular complexity index is 454. The van der Waals surface area contributed by atoms with Crippen molar-refractivity contribution in [3.8, 4) is 11.8 Å². The maximum absolute atomic E-state index is 8.67. The molecule has 1 N–H and O–H groups in total. The summed E-state index contributed by atoms with van der Waals surface area (Å²) in [6.45, 7) is 6.82.